The van der Waals surface area contributed by atoms with Gasteiger partial charge in [-0.1, -0.05) is 42.2 Å². The molecule has 0 aliphatic carbocycles. The smallest absolute Gasteiger partial charge is 0.263 e. The summed E-state index contributed by atoms with van der Waals surface area (Å²) in [4.78, 5) is 11.9. The SMILES string of the molecule is Cc1cccc(/C=C2\SC(=S)NC2=O)c1O. The summed E-state index contributed by atoms with van der Waals surface area (Å²) >= 11 is 6.08. The number of aromatic hydroxyl groups is 1. The maximum atomic E-state index is 11.4. The largest absolute Gasteiger partial charge is 0.507 e. The summed E-state index contributed by atoms with van der Waals surface area (Å²) in [7, 11) is 0. The van der Waals surface area contributed by atoms with Crippen molar-refractivity contribution in [3.05, 3.63) is 34.2 Å². The van der Waals surface area contributed by atoms with Gasteiger partial charge in [0.2, 0.25) is 0 Å². The molecule has 0 radical (unpaired) electrons. The Morgan fingerprint density at radius 3 is 2.88 bits per heavy atom. The van der Waals surface area contributed by atoms with Crippen LogP contribution in [0.5, 0.6) is 5.75 Å². The molecule has 1 aliphatic rings. The second-order valence-electron chi connectivity index (χ2n) is 3.36. The average molecular weight is 251 g/mol. The van der Waals surface area contributed by atoms with Crippen molar-refractivity contribution in [3.8, 4) is 5.75 Å². The Morgan fingerprint density at radius 2 is 2.25 bits per heavy atom. The molecule has 2 N–H and O–H groups in total. The molecule has 1 heterocycles. The van der Waals surface area contributed by atoms with E-state index in [1.54, 1.807) is 12.1 Å². The highest BCUT2D eigenvalue weighted by atomic mass is 32.2. The van der Waals surface area contributed by atoms with Gasteiger partial charge in [0.25, 0.3) is 5.91 Å². The third-order valence-electron chi connectivity index (χ3n) is 2.20. The first-order valence-corrected chi connectivity index (χ1v) is 5.84. The molecule has 16 heavy (non-hydrogen) atoms. The third-order valence-corrected chi connectivity index (χ3v) is 3.36. The number of hydrogen-bond donors (Lipinski definition) is 2. The number of thiocarbonyl (C=S) groups is 1. The van der Waals surface area contributed by atoms with E-state index in [0.29, 0.717) is 14.8 Å². The maximum absolute atomic E-state index is 11.4. The minimum absolute atomic E-state index is 0.196. The average Bonchev–Trinajstić information content (AvgIpc) is 2.53. The summed E-state index contributed by atoms with van der Waals surface area (Å²) in [5, 5.41) is 12.3. The first-order chi connectivity index (χ1) is 7.58. The molecule has 2 rings (SSSR count). The van der Waals surface area contributed by atoms with E-state index in [2.05, 4.69) is 5.32 Å². The number of para-hydroxylation sites is 1. The topological polar surface area (TPSA) is 49.3 Å². The Labute approximate surface area is 103 Å². The fourth-order valence-electron chi connectivity index (χ4n) is 1.36. The lowest BCUT2D eigenvalue weighted by Gasteiger charge is -2.02. The first-order valence-electron chi connectivity index (χ1n) is 4.61. The zero-order chi connectivity index (χ0) is 11.7. The van der Waals surface area contributed by atoms with Gasteiger partial charge in [0.1, 0.15) is 10.1 Å². The van der Waals surface area contributed by atoms with Crippen LogP contribution < -0.4 is 5.32 Å². The highest BCUT2D eigenvalue weighted by Crippen LogP contribution is 2.30. The number of phenolic OH excluding ortho intramolecular Hbond substituents is 1. The Morgan fingerprint density at radius 1 is 1.50 bits per heavy atom. The van der Waals surface area contributed by atoms with Crippen molar-refractivity contribution in [2.24, 2.45) is 0 Å². The Bertz CT molecular complexity index is 509. The molecule has 1 fully saturated rings. The highest BCUT2D eigenvalue weighted by Gasteiger charge is 2.22. The minimum Gasteiger partial charge on any atom is -0.507 e. The minimum atomic E-state index is -0.212. The molecular weight excluding hydrogens is 242 g/mol. The summed E-state index contributed by atoms with van der Waals surface area (Å²) in [5.74, 6) is -0.0166. The zero-order valence-electron chi connectivity index (χ0n) is 8.48. The number of carbonyl (C=O) groups is 1. The van der Waals surface area contributed by atoms with Gasteiger partial charge in [-0.25, -0.2) is 0 Å². The second-order valence-corrected chi connectivity index (χ2v) is 5.08. The van der Waals surface area contributed by atoms with Crippen LogP contribution in [0.4, 0.5) is 0 Å². The lowest BCUT2D eigenvalue weighted by molar-refractivity contribution is -0.115. The highest BCUT2D eigenvalue weighted by molar-refractivity contribution is 8.26. The molecule has 0 bridgehead atoms. The van der Waals surface area contributed by atoms with E-state index in [1.807, 2.05) is 19.1 Å². The fraction of sp³-hybridized carbons (Fsp3) is 0.0909. The standard InChI is InChI=1S/C11H9NO2S2/c1-6-3-2-4-7(9(6)13)5-8-10(14)12-11(15)16-8/h2-5,13H,1H3,(H,12,14,15)/b8-5-. The van der Waals surface area contributed by atoms with Gasteiger partial charge in [-0.15, -0.1) is 0 Å². The molecule has 1 amide bonds. The van der Waals surface area contributed by atoms with Crippen molar-refractivity contribution in [1.29, 1.82) is 0 Å². The molecule has 0 unspecified atom stereocenters. The van der Waals surface area contributed by atoms with Crippen LogP contribution in [0, 0.1) is 6.92 Å². The molecule has 5 heteroatoms. The molecular formula is C11H9NO2S2. The zero-order valence-corrected chi connectivity index (χ0v) is 10.1. The van der Waals surface area contributed by atoms with E-state index in [1.165, 1.54) is 11.8 Å². The molecule has 0 aromatic heterocycles. The summed E-state index contributed by atoms with van der Waals surface area (Å²) < 4.78 is 0.448. The summed E-state index contributed by atoms with van der Waals surface area (Å²) in [6, 6.07) is 5.39. The number of hydrogen-bond acceptors (Lipinski definition) is 4. The van der Waals surface area contributed by atoms with Crippen LogP contribution in [-0.2, 0) is 4.79 Å². The van der Waals surface area contributed by atoms with Crippen molar-refractivity contribution >= 4 is 40.3 Å². The van der Waals surface area contributed by atoms with Gasteiger partial charge >= 0.3 is 0 Å². The lowest BCUT2D eigenvalue weighted by Crippen LogP contribution is -2.17. The predicted molar refractivity (Wildman–Crippen MR) is 69.2 cm³/mol. The van der Waals surface area contributed by atoms with Gasteiger partial charge in [0, 0.05) is 5.56 Å². The van der Waals surface area contributed by atoms with E-state index in [-0.39, 0.29) is 11.7 Å². The summed E-state index contributed by atoms with van der Waals surface area (Å²) in [6.07, 6.45) is 1.64. The van der Waals surface area contributed by atoms with E-state index in [0.717, 1.165) is 5.56 Å². The van der Waals surface area contributed by atoms with Crippen molar-refractivity contribution in [2.75, 3.05) is 0 Å². The fourth-order valence-corrected chi connectivity index (χ4v) is 2.40. The third kappa shape index (κ3) is 2.10. The van der Waals surface area contributed by atoms with Gasteiger partial charge in [-0.05, 0) is 18.6 Å². The predicted octanol–water partition coefficient (Wildman–Crippen LogP) is 2.19. The number of thioether (sulfide) groups is 1. The Balaban J connectivity index is 2.40. The van der Waals surface area contributed by atoms with Crippen LogP contribution in [0.2, 0.25) is 0 Å². The lowest BCUT2D eigenvalue weighted by atomic mass is 10.1. The van der Waals surface area contributed by atoms with Crippen molar-refractivity contribution in [1.82, 2.24) is 5.32 Å². The van der Waals surface area contributed by atoms with Gasteiger partial charge in [-0.3, -0.25) is 4.79 Å². The van der Waals surface area contributed by atoms with Crippen LogP contribution in [0.3, 0.4) is 0 Å². The van der Waals surface area contributed by atoms with E-state index < -0.39 is 0 Å². The molecule has 0 saturated carbocycles. The van der Waals surface area contributed by atoms with Crippen LogP contribution in [0.15, 0.2) is 23.1 Å². The van der Waals surface area contributed by atoms with Crippen molar-refractivity contribution in [3.63, 3.8) is 0 Å². The molecule has 0 atom stereocenters. The van der Waals surface area contributed by atoms with Crippen LogP contribution in [-0.4, -0.2) is 15.3 Å². The number of carbonyl (C=O) groups excluding carboxylic acids is 1. The van der Waals surface area contributed by atoms with Gasteiger partial charge < -0.3 is 10.4 Å². The van der Waals surface area contributed by atoms with Crippen molar-refractivity contribution < 1.29 is 9.90 Å². The van der Waals surface area contributed by atoms with E-state index >= 15 is 0 Å². The number of amides is 1. The molecule has 1 aromatic rings. The molecule has 1 saturated heterocycles. The quantitative estimate of drug-likeness (QED) is 0.593. The first kappa shape index (κ1) is 11.2. The maximum Gasteiger partial charge on any atom is 0.263 e. The number of phenols is 1. The van der Waals surface area contributed by atoms with Crippen LogP contribution in [0.25, 0.3) is 6.08 Å². The number of nitrogens with one attached hydrogen (secondary N) is 1. The van der Waals surface area contributed by atoms with Crippen molar-refractivity contribution in [2.45, 2.75) is 6.92 Å². The molecule has 82 valence electrons. The molecule has 0 spiro atoms. The van der Waals surface area contributed by atoms with E-state index in [9.17, 15) is 9.90 Å². The number of benzene rings is 1. The Hall–Kier alpha value is -1.33. The summed E-state index contributed by atoms with van der Waals surface area (Å²) in [6.45, 7) is 1.81. The molecule has 1 aliphatic heterocycles. The number of aryl methyl sites for hydroxylation is 1. The number of rotatable bonds is 1. The molecule has 3 nitrogen and oxygen atoms in total. The normalized spacial score (nSPS) is 17.9. The summed E-state index contributed by atoms with van der Waals surface area (Å²) in [5.41, 5.74) is 1.41. The van der Waals surface area contributed by atoms with Gasteiger partial charge in [0.05, 0.1) is 4.91 Å². The Kier molecular flexibility index (Phi) is 2.98. The van der Waals surface area contributed by atoms with Gasteiger partial charge in [0.15, 0.2) is 0 Å². The molecule has 1 aromatic carbocycles. The monoisotopic (exact) mass is 251 g/mol. The van der Waals surface area contributed by atoms with Gasteiger partial charge in [-0.2, -0.15) is 0 Å². The van der Waals surface area contributed by atoms with E-state index in [4.69, 9.17) is 12.2 Å². The van der Waals surface area contributed by atoms with Crippen LogP contribution >= 0.6 is 24.0 Å². The second kappa shape index (κ2) is 4.27. The van der Waals surface area contributed by atoms with Crippen LogP contribution in [0.1, 0.15) is 11.1 Å².